The molecule has 0 saturated carbocycles. The van der Waals surface area contributed by atoms with E-state index in [1.54, 1.807) is 12.1 Å². The fourth-order valence-corrected chi connectivity index (χ4v) is 4.00. The molecule has 0 bridgehead atoms. The summed E-state index contributed by atoms with van der Waals surface area (Å²) in [5, 5.41) is 13.1. The van der Waals surface area contributed by atoms with Crippen LogP contribution in [0.25, 0.3) is 0 Å². The summed E-state index contributed by atoms with van der Waals surface area (Å²) in [7, 11) is 0. The third-order valence-electron chi connectivity index (χ3n) is 5.63. The molecule has 0 spiro atoms. The number of aliphatic hydroxyl groups is 1. The minimum Gasteiger partial charge on any atom is -0.492 e. The van der Waals surface area contributed by atoms with Crippen LogP contribution in [0.2, 0.25) is 10.0 Å². The highest BCUT2D eigenvalue weighted by molar-refractivity contribution is 6.31. The molecule has 0 fully saturated rings. The lowest BCUT2D eigenvalue weighted by Crippen LogP contribution is -2.30. The number of ether oxygens (including phenoxy) is 1. The molecule has 3 rings (SSSR count). The van der Waals surface area contributed by atoms with Crippen LogP contribution in [0, 0.1) is 0 Å². The van der Waals surface area contributed by atoms with Crippen molar-refractivity contribution in [2.45, 2.75) is 25.9 Å². The van der Waals surface area contributed by atoms with Crippen molar-refractivity contribution < 1.29 is 9.84 Å². The maximum atomic E-state index is 11.9. The fraction of sp³-hybridized carbons (Fsp3) is 0.308. The summed E-state index contributed by atoms with van der Waals surface area (Å²) in [6.45, 7) is 7.83. The fourth-order valence-electron chi connectivity index (χ4n) is 3.67. The predicted octanol–water partition coefficient (Wildman–Crippen LogP) is 6.19. The van der Waals surface area contributed by atoms with Gasteiger partial charge in [0.05, 0.1) is 0 Å². The molecule has 0 aromatic heterocycles. The van der Waals surface area contributed by atoms with Crippen LogP contribution in [0.1, 0.15) is 30.5 Å². The number of benzene rings is 3. The second-order valence-corrected chi connectivity index (χ2v) is 8.38. The monoisotopic (exact) mass is 457 g/mol. The molecule has 1 unspecified atom stereocenters. The average Bonchev–Trinajstić information content (AvgIpc) is 2.79. The van der Waals surface area contributed by atoms with Gasteiger partial charge in [-0.25, -0.2) is 0 Å². The molecule has 1 N–H and O–H groups in total. The molecule has 0 aliphatic carbocycles. The van der Waals surface area contributed by atoms with Crippen molar-refractivity contribution in [3.05, 3.63) is 99.5 Å². The zero-order valence-electron chi connectivity index (χ0n) is 18.0. The van der Waals surface area contributed by atoms with Gasteiger partial charge in [0.2, 0.25) is 0 Å². The van der Waals surface area contributed by atoms with Crippen molar-refractivity contribution in [2.24, 2.45) is 0 Å². The quantitative estimate of drug-likeness (QED) is 0.393. The van der Waals surface area contributed by atoms with Crippen LogP contribution in [0.15, 0.2) is 72.8 Å². The van der Waals surface area contributed by atoms with E-state index >= 15 is 0 Å². The third kappa shape index (κ3) is 6.02. The van der Waals surface area contributed by atoms with Crippen molar-refractivity contribution >= 4 is 23.2 Å². The normalized spacial score (nSPS) is 13.2. The van der Waals surface area contributed by atoms with E-state index in [0.29, 0.717) is 23.1 Å². The zero-order valence-corrected chi connectivity index (χ0v) is 19.5. The SMILES string of the molecule is CCN(CC)CCOc1ccc(C(O)(Cc2ccccc2Cl)c2ccc(Cl)cc2)cc1. The second-order valence-electron chi connectivity index (χ2n) is 7.54. The van der Waals surface area contributed by atoms with Crippen LogP contribution in [-0.4, -0.2) is 36.2 Å². The van der Waals surface area contributed by atoms with Gasteiger partial charge < -0.3 is 14.7 Å². The van der Waals surface area contributed by atoms with Crippen LogP contribution in [0.4, 0.5) is 0 Å². The zero-order chi connectivity index (χ0) is 22.3. The summed E-state index contributed by atoms with van der Waals surface area (Å²) in [6.07, 6.45) is 0.344. The van der Waals surface area contributed by atoms with Crippen LogP contribution >= 0.6 is 23.2 Å². The van der Waals surface area contributed by atoms with E-state index in [9.17, 15) is 5.11 Å². The molecule has 0 amide bonds. The van der Waals surface area contributed by atoms with Crippen LogP contribution in [-0.2, 0) is 12.0 Å². The Morgan fingerprint density at radius 3 is 2.00 bits per heavy atom. The summed E-state index contributed by atoms with van der Waals surface area (Å²) < 4.78 is 5.90. The lowest BCUT2D eigenvalue weighted by Gasteiger charge is -2.30. The maximum absolute atomic E-state index is 11.9. The number of rotatable bonds is 10. The first-order chi connectivity index (χ1) is 15.0. The van der Waals surface area contributed by atoms with E-state index in [-0.39, 0.29) is 0 Å². The minimum atomic E-state index is -1.25. The van der Waals surface area contributed by atoms with Gasteiger partial charge in [0.25, 0.3) is 0 Å². The number of hydrogen-bond acceptors (Lipinski definition) is 3. The molecule has 31 heavy (non-hydrogen) atoms. The van der Waals surface area contributed by atoms with Crippen LogP contribution in [0.3, 0.4) is 0 Å². The van der Waals surface area contributed by atoms with Gasteiger partial charge in [-0.3, -0.25) is 0 Å². The van der Waals surface area contributed by atoms with Crippen molar-refractivity contribution in [3.8, 4) is 5.75 Å². The molecule has 0 radical (unpaired) electrons. The maximum Gasteiger partial charge on any atom is 0.119 e. The van der Waals surface area contributed by atoms with Gasteiger partial charge in [-0.15, -0.1) is 0 Å². The number of hydrogen-bond donors (Lipinski definition) is 1. The Bertz CT molecular complexity index is 956. The molecular formula is C26H29Cl2NO2. The average molecular weight is 458 g/mol. The Morgan fingerprint density at radius 1 is 0.839 bits per heavy atom. The highest BCUT2D eigenvalue weighted by Gasteiger charge is 2.32. The molecule has 3 aromatic carbocycles. The van der Waals surface area contributed by atoms with E-state index in [2.05, 4.69) is 18.7 Å². The van der Waals surface area contributed by atoms with Crippen LogP contribution in [0.5, 0.6) is 5.75 Å². The summed E-state index contributed by atoms with van der Waals surface area (Å²) in [5.74, 6) is 0.784. The molecule has 1 atom stereocenters. The molecule has 164 valence electrons. The lowest BCUT2D eigenvalue weighted by molar-refractivity contribution is 0.0811. The molecular weight excluding hydrogens is 429 g/mol. The van der Waals surface area contributed by atoms with E-state index in [1.807, 2.05) is 60.7 Å². The van der Waals surface area contributed by atoms with E-state index in [0.717, 1.165) is 42.1 Å². The number of halogens is 2. The minimum absolute atomic E-state index is 0.344. The molecule has 3 nitrogen and oxygen atoms in total. The molecule has 5 heteroatoms. The Hall–Kier alpha value is -2.04. The van der Waals surface area contributed by atoms with Crippen molar-refractivity contribution in [3.63, 3.8) is 0 Å². The highest BCUT2D eigenvalue weighted by atomic mass is 35.5. The Labute approximate surface area is 195 Å². The first-order valence-electron chi connectivity index (χ1n) is 10.6. The number of likely N-dealkylation sites (N-methyl/N-ethyl adjacent to an activating group) is 1. The lowest BCUT2D eigenvalue weighted by atomic mass is 9.81. The third-order valence-corrected chi connectivity index (χ3v) is 6.25. The highest BCUT2D eigenvalue weighted by Crippen LogP contribution is 2.36. The van der Waals surface area contributed by atoms with Crippen molar-refractivity contribution in [1.29, 1.82) is 0 Å². The molecule has 0 saturated heterocycles. The van der Waals surface area contributed by atoms with Crippen molar-refractivity contribution in [2.75, 3.05) is 26.2 Å². The first-order valence-corrected chi connectivity index (χ1v) is 11.4. The smallest absolute Gasteiger partial charge is 0.119 e. The van der Waals surface area contributed by atoms with Gasteiger partial charge in [-0.2, -0.15) is 0 Å². The van der Waals surface area contributed by atoms with E-state index in [1.165, 1.54) is 0 Å². The first kappa shape index (κ1) is 23.6. The summed E-state index contributed by atoms with van der Waals surface area (Å²) >= 11 is 12.5. The Morgan fingerprint density at radius 2 is 1.42 bits per heavy atom. The van der Waals surface area contributed by atoms with Crippen molar-refractivity contribution in [1.82, 2.24) is 4.90 Å². The Balaban J connectivity index is 1.85. The second kappa shape index (κ2) is 11.0. The van der Waals surface area contributed by atoms with Crippen LogP contribution < -0.4 is 4.74 Å². The van der Waals surface area contributed by atoms with Gasteiger partial charge in [0.15, 0.2) is 0 Å². The number of nitrogens with zero attached hydrogens (tertiary/aromatic N) is 1. The topological polar surface area (TPSA) is 32.7 Å². The summed E-state index contributed by atoms with van der Waals surface area (Å²) in [6, 6.07) is 22.5. The van der Waals surface area contributed by atoms with Gasteiger partial charge in [0.1, 0.15) is 18.0 Å². The molecule has 0 aliphatic heterocycles. The molecule has 0 aliphatic rings. The predicted molar refractivity (Wildman–Crippen MR) is 129 cm³/mol. The standard InChI is InChI=1S/C26H29Cl2NO2/c1-3-29(4-2)17-18-31-24-15-11-22(12-16-24)26(30,21-9-13-23(27)14-10-21)19-20-7-5-6-8-25(20)28/h5-16,30H,3-4,17-19H2,1-2H3. The Kier molecular flexibility index (Phi) is 8.39. The summed E-state index contributed by atoms with van der Waals surface area (Å²) in [5.41, 5.74) is 1.15. The largest absolute Gasteiger partial charge is 0.492 e. The van der Waals surface area contributed by atoms with Gasteiger partial charge in [-0.05, 0) is 60.1 Å². The van der Waals surface area contributed by atoms with E-state index in [4.69, 9.17) is 27.9 Å². The molecule has 0 heterocycles. The summed E-state index contributed by atoms with van der Waals surface area (Å²) in [4.78, 5) is 2.32. The van der Waals surface area contributed by atoms with Gasteiger partial charge in [-0.1, -0.05) is 79.5 Å². The van der Waals surface area contributed by atoms with Gasteiger partial charge in [0, 0.05) is 23.0 Å². The van der Waals surface area contributed by atoms with Gasteiger partial charge >= 0.3 is 0 Å². The molecule has 3 aromatic rings. The van der Waals surface area contributed by atoms with E-state index < -0.39 is 5.60 Å².